The van der Waals surface area contributed by atoms with Gasteiger partial charge in [0.05, 0.1) is 18.7 Å². The quantitative estimate of drug-likeness (QED) is 0.449. The van der Waals surface area contributed by atoms with Crippen LogP contribution >= 0.6 is 0 Å². The summed E-state index contributed by atoms with van der Waals surface area (Å²) in [4.78, 5) is 11.4. The Hall–Kier alpha value is -1.55. The third-order valence-electron chi connectivity index (χ3n) is 2.47. The van der Waals surface area contributed by atoms with Crippen LogP contribution in [0, 0.1) is 6.92 Å². The second-order valence-electron chi connectivity index (χ2n) is 3.43. The number of nitrogen functional groups attached to an aromatic ring is 1. The first-order valence-electron chi connectivity index (χ1n) is 4.75. The van der Waals surface area contributed by atoms with Crippen molar-refractivity contribution in [1.82, 2.24) is 0 Å². The summed E-state index contributed by atoms with van der Waals surface area (Å²) in [7, 11) is 1.38. The van der Waals surface area contributed by atoms with Crippen LogP contribution in [0.2, 0.25) is 0 Å². The number of hydrazine groups is 1. The predicted octanol–water partition coefficient (Wildman–Crippen LogP) is 1.56. The molecule has 82 valence electrons. The molecule has 1 unspecified atom stereocenters. The van der Waals surface area contributed by atoms with Crippen LogP contribution < -0.4 is 11.3 Å². The highest BCUT2D eigenvalue weighted by atomic mass is 16.5. The van der Waals surface area contributed by atoms with Gasteiger partial charge >= 0.3 is 5.97 Å². The van der Waals surface area contributed by atoms with Gasteiger partial charge in [-0.2, -0.15) is 0 Å². The number of carbonyl (C=O) groups excluding carboxylic acids is 1. The summed E-state index contributed by atoms with van der Waals surface area (Å²) in [6.07, 6.45) is 0. The van der Waals surface area contributed by atoms with Crippen LogP contribution in [-0.4, -0.2) is 13.1 Å². The van der Waals surface area contributed by atoms with E-state index in [4.69, 9.17) is 10.6 Å². The molecule has 0 aliphatic rings. The highest BCUT2D eigenvalue weighted by Crippen LogP contribution is 2.27. The maximum absolute atomic E-state index is 11.4. The van der Waals surface area contributed by atoms with Gasteiger partial charge in [-0.15, -0.1) is 0 Å². The number of benzene rings is 1. The monoisotopic (exact) mass is 208 g/mol. The molecule has 1 aromatic carbocycles. The van der Waals surface area contributed by atoms with Gasteiger partial charge < -0.3 is 10.2 Å². The standard InChI is InChI=1S/C11H16N2O2/c1-7-5-4-6-9(10(7)13-12)8(2)11(14)15-3/h4-6,8,13H,12H2,1-3H3. The molecule has 0 radical (unpaired) electrons. The average Bonchev–Trinajstić information content (AvgIpc) is 2.26. The van der Waals surface area contributed by atoms with E-state index in [1.54, 1.807) is 6.92 Å². The van der Waals surface area contributed by atoms with Crippen molar-refractivity contribution in [3.05, 3.63) is 29.3 Å². The topological polar surface area (TPSA) is 64.3 Å². The van der Waals surface area contributed by atoms with Crippen LogP contribution in [0.15, 0.2) is 18.2 Å². The normalized spacial score (nSPS) is 12.0. The number of hydrogen-bond acceptors (Lipinski definition) is 4. The smallest absolute Gasteiger partial charge is 0.312 e. The van der Waals surface area contributed by atoms with E-state index in [1.165, 1.54) is 7.11 Å². The Morgan fingerprint density at radius 2 is 2.20 bits per heavy atom. The molecule has 15 heavy (non-hydrogen) atoms. The molecule has 0 amide bonds. The first kappa shape index (κ1) is 11.5. The lowest BCUT2D eigenvalue weighted by Crippen LogP contribution is -2.16. The molecule has 1 atom stereocenters. The van der Waals surface area contributed by atoms with Gasteiger partial charge in [0.1, 0.15) is 0 Å². The number of carbonyl (C=O) groups is 1. The molecule has 0 fully saturated rings. The molecule has 0 saturated heterocycles. The van der Waals surface area contributed by atoms with Gasteiger partial charge in [-0.1, -0.05) is 18.2 Å². The van der Waals surface area contributed by atoms with E-state index in [0.717, 1.165) is 16.8 Å². The molecule has 0 heterocycles. The second kappa shape index (κ2) is 4.79. The number of aryl methyl sites for hydroxylation is 1. The van der Waals surface area contributed by atoms with E-state index in [-0.39, 0.29) is 11.9 Å². The fraction of sp³-hybridized carbons (Fsp3) is 0.364. The Labute approximate surface area is 89.4 Å². The fourth-order valence-corrected chi connectivity index (χ4v) is 1.55. The minimum absolute atomic E-state index is 0.267. The van der Waals surface area contributed by atoms with Crippen molar-refractivity contribution in [2.75, 3.05) is 12.5 Å². The molecule has 0 aromatic heterocycles. The van der Waals surface area contributed by atoms with Crippen molar-refractivity contribution in [2.45, 2.75) is 19.8 Å². The van der Waals surface area contributed by atoms with Crippen molar-refractivity contribution in [3.8, 4) is 0 Å². The number of esters is 1. The van der Waals surface area contributed by atoms with Gasteiger partial charge in [0.15, 0.2) is 0 Å². The van der Waals surface area contributed by atoms with E-state index in [1.807, 2.05) is 25.1 Å². The lowest BCUT2D eigenvalue weighted by Gasteiger charge is -2.15. The summed E-state index contributed by atoms with van der Waals surface area (Å²) in [5.74, 6) is 4.84. The molecule has 0 aliphatic heterocycles. The molecule has 0 bridgehead atoms. The highest BCUT2D eigenvalue weighted by Gasteiger charge is 2.19. The zero-order valence-electron chi connectivity index (χ0n) is 9.20. The van der Waals surface area contributed by atoms with E-state index >= 15 is 0 Å². The van der Waals surface area contributed by atoms with Gasteiger partial charge in [-0.3, -0.25) is 10.6 Å². The third-order valence-corrected chi connectivity index (χ3v) is 2.47. The number of anilines is 1. The van der Waals surface area contributed by atoms with Gasteiger partial charge in [0.25, 0.3) is 0 Å². The minimum Gasteiger partial charge on any atom is -0.469 e. The summed E-state index contributed by atoms with van der Waals surface area (Å²) < 4.78 is 4.70. The molecular weight excluding hydrogens is 192 g/mol. The summed E-state index contributed by atoms with van der Waals surface area (Å²) in [5, 5.41) is 0. The number of para-hydroxylation sites is 1. The Balaban J connectivity index is 3.13. The summed E-state index contributed by atoms with van der Waals surface area (Å²) in [5.41, 5.74) is 5.26. The second-order valence-corrected chi connectivity index (χ2v) is 3.43. The zero-order valence-corrected chi connectivity index (χ0v) is 9.20. The molecule has 0 spiro atoms. The summed E-state index contributed by atoms with van der Waals surface area (Å²) in [6, 6.07) is 5.69. The van der Waals surface area contributed by atoms with Crippen molar-refractivity contribution in [1.29, 1.82) is 0 Å². The van der Waals surface area contributed by atoms with Crippen LogP contribution in [0.5, 0.6) is 0 Å². The molecule has 3 N–H and O–H groups in total. The largest absolute Gasteiger partial charge is 0.469 e. The summed E-state index contributed by atoms with van der Waals surface area (Å²) in [6.45, 7) is 3.73. The number of methoxy groups -OCH3 is 1. The summed E-state index contributed by atoms with van der Waals surface area (Å²) >= 11 is 0. The molecular formula is C11H16N2O2. The van der Waals surface area contributed by atoms with Gasteiger partial charge in [0, 0.05) is 0 Å². The van der Waals surface area contributed by atoms with Crippen molar-refractivity contribution < 1.29 is 9.53 Å². The SMILES string of the molecule is COC(=O)C(C)c1cccc(C)c1NN. The Kier molecular flexibility index (Phi) is 3.68. The molecule has 1 rings (SSSR count). The Morgan fingerprint density at radius 3 is 2.73 bits per heavy atom. The molecule has 1 aromatic rings. The minimum atomic E-state index is -0.319. The maximum Gasteiger partial charge on any atom is 0.312 e. The van der Waals surface area contributed by atoms with Gasteiger partial charge in [-0.05, 0) is 25.0 Å². The van der Waals surface area contributed by atoms with Crippen LogP contribution in [0.3, 0.4) is 0 Å². The number of hydrogen-bond donors (Lipinski definition) is 2. The maximum atomic E-state index is 11.4. The molecule has 0 saturated carbocycles. The molecule has 4 heteroatoms. The van der Waals surface area contributed by atoms with Gasteiger partial charge in [0.2, 0.25) is 0 Å². The molecule has 4 nitrogen and oxygen atoms in total. The van der Waals surface area contributed by atoms with Crippen molar-refractivity contribution in [2.24, 2.45) is 5.84 Å². The highest BCUT2D eigenvalue weighted by molar-refractivity contribution is 5.80. The first-order valence-corrected chi connectivity index (χ1v) is 4.75. The van der Waals surface area contributed by atoms with E-state index in [0.29, 0.717) is 0 Å². The van der Waals surface area contributed by atoms with Crippen LogP contribution in [0.1, 0.15) is 24.0 Å². The number of ether oxygens (including phenoxy) is 1. The van der Waals surface area contributed by atoms with Crippen LogP contribution in [0.25, 0.3) is 0 Å². The van der Waals surface area contributed by atoms with E-state index in [2.05, 4.69) is 5.43 Å². The lowest BCUT2D eigenvalue weighted by molar-refractivity contribution is -0.141. The molecule has 0 aliphatic carbocycles. The van der Waals surface area contributed by atoms with Crippen LogP contribution in [0.4, 0.5) is 5.69 Å². The first-order chi connectivity index (χ1) is 7.11. The Morgan fingerprint density at radius 1 is 1.53 bits per heavy atom. The average molecular weight is 208 g/mol. The third kappa shape index (κ3) is 2.27. The van der Waals surface area contributed by atoms with E-state index < -0.39 is 0 Å². The Bertz CT molecular complexity index is 364. The number of rotatable bonds is 3. The number of nitrogens with two attached hydrogens (primary N) is 1. The zero-order chi connectivity index (χ0) is 11.4. The van der Waals surface area contributed by atoms with E-state index in [9.17, 15) is 4.79 Å². The van der Waals surface area contributed by atoms with Crippen molar-refractivity contribution in [3.63, 3.8) is 0 Å². The fourth-order valence-electron chi connectivity index (χ4n) is 1.55. The van der Waals surface area contributed by atoms with Crippen LogP contribution in [-0.2, 0) is 9.53 Å². The van der Waals surface area contributed by atoms with Crippen molar-refractivity contribution >= 4 is 11.7 Å². The lowest BCUT2D eigenvalue weighted by atomic mass is 9.97. The predicted molar refractivity (Wildman–Crippen MR) is 59.4 cm³/mol. The number of nitrogens with one attached hydrogen (secondary N) is 1. The van der Waals surface area contributed by atoms with Gasteiger partial charge in [-0.25, -0.2) is 0 Å².